The van der Waals surface area contributed by atoms with E-state index in [4.69, 9.17) is 15.2 Å². The van der Waals surface area contributed by atoms with Crippen molar-refractivity contribution in [2.75, 3.05) is 7.11 Å². The highest BCUT2D eigenvalue weighted by atomic mass is 16.5. The second-order valence-corrected chi connectivity index (χ2v) is 5.77. The summed E-state index contributed by atoms with van der Waals surface area (Å²) in [5.74, 6) is -0.985. The molecule has 3 rings (SSSR count). The molecule has 0 unspecified atom stereocenters. The van der Waals surface area contributed by atoms with Crippen LogP contribution >= 0.6 is 0 Å². The van der Waals surface area contributed by atoms with E-state index in [0.717, 1.165) is 12.8 Å². The van der Waals surface area contributed by atoms with Crippen molar-refractivity contribution >= 4 is 5.91 Å². The Kier molecular flexibility index (Phi) is 5.54. The number of amides is 1. The van der Waals surface area contributed by atoms with Gasteiger partial charge in [-0.2, -0.15) is 4.98 Å². The number of nitrogens with one attached hydrogen (secondary N) is 1. The highest BCUT2D eigenvalue weighted by Crippen LogP contribution is 2.26. The summed E-state index contributed by atoms with van der Waals surface area (Å²) in [6, 6.07) is 2.87. The predicted molar refractivity (Wildman–Crippen MR) is 100 cm³/mol. The van der Waals surface area contributed by atoms with Crippen molar-refractivity contribution in [3.8, 4) is 23.0 Å². The molecule has 1 aliphatic carbocycles. The Morgan fingerprint density at radius 2 is 2.14 bits per heavy atom. The molecule has 0 aliphatic heterocycles. The van der Waals surface area contributed by atoms with Gasteiger partial charge in [-0.15, -0.1) is 0 Å². The number of hydrogen-bond donors (Lipinski definition) is 3. The second kappa shape index (κ2) is 8.21. The number of hydrogen-bond acceptors (Lipinski definition) is 7. The van der Waals surface area contributed by atoms with E-state index in [1.165, 1.54) is 25.4 Å². The number of carbonyl (C=O) groups excluding carboxylic acids is 1. The maximum atomic E-state index is 12.5. The lowest BCUT2D eigenvalue weighted by Crippen LogP contribution is -2.16. The van der Waals surface area contributed by atoms with E-state index >= 15 is 0 Å². The number of aromatic amines is 1. The third kappa shape index (κ3) is 4.09. The summed E-state index contributed by atoms with van der Waals surface area (Å²) in [5.41, 5.74) is 4.86. The van der Waals surface area contributed by atoms with Gasteiger partial charge in [0.1, 0.15) is 11.5 Å². The number of primary amides is 1. The number of pyridine rings is 1. The van der Waals surface area contributed by atoms with Gasteiger partial charge in [0.25, 0.3) is 23.1 Å². The molecule has 2 heterocycles. The average molecular weight is 382 g/mol. The molecule has 4 N–H and O–H groups in total. The normalized spacial score (nSPS) is 18.6. The van der Waals surface area contributed by atoms with Gasteiger partial charge in [-0.25, -0.2) is 0 Å². The van der Waals surface area contributed by atoms with E-state index < -0.39 is 17.3 Å². The molecule has 1 amide bonds. The van der Waals surface area contributed by atoms with Crippen LogP contribution in [0.5, 0.6) is 11.6 Å². The highest BCUT2D eigenvalue weighted by molar-refractivity contribution is 5.91. The molecule has 9 nitrogen and oxygen atoms in total. The summed E-state index contributed by atoms with van der Waals surface area (Å²) in [6.45, 7) is 0. The topological polar surface area (TPSA) is 140 Å². The third-order valence-electron chi connectivity index (χ3n) is 3.87. The standard InChI is InChI=1S/C19H18N4O5/c1-27-13-6-4-2-3-5-7-14(13)28-15-18(25)22-17(23-19(15)26)11-8-9-21-12(10-11)16(20)24/h3,5-10H,2,4H2,1H3,(H2,20,24)(H2,22,23,25,26)/b5-3+,13-6+,14-7+. The maximum absolute atomic E-state index is 12.5. The summed E-state index contributed by atoms with van der Waals surface area (Å²) in [4.78, 5) is 34.0. The second-order valence-electron chi connectivity index (χ2n) is 5.77. The van der Waals surface area contributed by atoms with Crippen LogP contribution in [0, 0.1) is 0 Å². The van der Waals surface area contributed by atoms with E-state index in [-0.39, 0.29) is 23.0 Å². The summed E-state index contributed by atoms with van der Waals surface area (Å²) in [7, 11) is 1.49. The largest absolute Gasteiger partial charge is 0.493 e. The average Bonchev–Trinajstić information content (AvgIpc) is 2.66. The molecular formula is C19H18N4O5. The molecule has 0 atom stereocenters. The van der Waals surface area contributed by atoms with Crippen molar-refractivity contribution in [3.05, 3.63) is 70.2 Å². The van der Waals surface area contributed by atoms with Crippen LogP contribution in [0.25, 0.3) is 11.4 Å². The number of aromatic nitrogens is 3. The Hall–Kier alpha value is -3.88. The van der Waals surface area contributed by atoms with Gasteiger partial charge in [0.2, 0.25) is 0 Å². The summed E-state index contributed by atoms with van der Waals surface area (Å²) >= 11 is 0. The molecule has 0 fully saturated rings. The molecule has 0 saturated carbocycles. The first kappa shape index (κ1) is 18.9. The Labute approximate surface area is 159 Å². The van der Waals surface area contributed by atoms with Crippen LogP contribution < -0.4 is 16.0 Å². The molecule has 0 aromatic carbocycles. The molecule has 0 bridgehead atoms. The van der Waals surface area contributed by atoms with Crippen molar-refractivity contribution in [1.29, 1.82) is 0 Å². The number of allylic oxidation sites excluding steroid dienone is 4. The van der Waals surface area contributed by atoms with Gasteiger partial charge in [-0.1, -0.05) is 12.2 Å². The van der Waals surface area contributed by atoms with Gasteiger partial charge in [0.15, 0.2) is 11.5 Å². The zero-order chi connectivity index (χ0) is 20.1. The smallest absolute Gasteiger partial charge is 0.298 e. The Balaban J connectivity index is 1.98. The number of methoxy groups -OCH3 is 1. The van der Waals surface area contributed by atoms with E-state index in [1.807, 2.05) is 12.2 Å². The van der Waals surface area contributed by atoms with Gasteiger partial charge in [0, 0.05) is 11.8 Å². The van der Waals surface area contributed by atoms with Crippen molar-refractivity contribution in [1.82, 2.24) is 15.0 Å². The van der Waals surface area contributed by atoms with E-state index in [1.54, 1.807) is 12.2 Å². The molecule has 2 aromatic heterocycles. The predicted octanol–water partition coefficient (Wildman–Crippen LogP) is 1.78. The van der Waals surface area contributed by atoms with Crippen LogP contribution in [0.3, 0.4) is 0 Å². The first-order valence-corrected chi connectivity index (χ1v) is 8.38. The number of H-pyrrole nitrogens is 1. The minimum Gasteiger partial charge on any atom is -0.493 e. The Bertz CT molecular complexity index is 1050. The fourth-order valence-electron chi connectivity index (χ4n) is 2.52. The Morgan fingerprint density at radius 3 is 2.86 bits per heavy atom. The molecule has 28 heavy (non-hydrogen) atoms. The number of nitrogens with zero attached hydrogens (tertiary/aromatic N) is 2. The summed E-state index contributed by atoms with van der Waals surface area (Å²) < 4.78 is 10.9. The molecular weight excluding hydrogens is 364 g/mol. The Morgan fingerprint density at radius 1 is 1.32 bits per heavy atom. The van der Waals surface area contributed by atoms with Gasteiger partial charge in [0.05, 0.1) is 7.11 Å². The summed E-state index contributed by atoms with van der Waals surface area (Å²) in [6.07, 6.45) is 10.1. The van der Waals surface area contributed by atoms with Crippen LogP contribution in [-0.4, -0.2) is 33.1 Å². The number of ether oxygens (including phenoxy) is 2. The van der Waals surface area contributed by atoms with Gasteiger partial charge in [-0.3, -0.25) is 14.6 Å². The maximum Gasteiger partial charge on any atom is 0.298 e. The van der Waals surface area contributed by atoms with Crippen molar-refractivity contribution < 1.29 is 19.4 Å². The van der Waals surface area contributed by atoms with Crippen LogP contribution in [0.2, 0.25) is 0 Å². The first-order valence-electron chi connectivity index (χ1n) is 8.38. The molecule has 2 aromatic rings. The van der Waals surface area contributed by atoms with Crippen molar-refractivity contribution in [2.45, 2.75) is 12.8 Å². The molecule has 144 valence electrons. The quantitative estimate of drug-likeness (QED) is 0.716. The number of rotatable bonds is 5. The minimum absolute atomic E-state index is 0.00121. The van der Waals surface area contributed by atoms with E-state index in [0.29, 0.717) is 11.3 Å². The summed E-state index contributed by atoms with van der Waals surface area (Å²) in [5, 5.41) is 10.3. The van der Waals surface area contributed by atoms with Gasteiger partial charge in [-0.05, 0) is 37.1 Å². The molecule has 0 radical (unpaired) electrons. The lowest BCUT2D eigenvalue weighted by Gasteiger charge is -2.14. The van der Waals surface area contributed by atoms with Crippen LogP contribution in [0.15, 0.2) is 58.9 Å². The van der Waals surface area contributed by atoms with Crippen LogP contribution in [0.4, 0.5) is 0 Å². The lowest BCUT2D eigenvalue weighted by molar-refractivity contribution is 0.0995. The molecule has 1 aliphatic rings. The number of aromatic hydroxyl groups is 1. The lowest BCUT2D eigenvalue weighted by atomic mass is 10.2. The number of carbonyl (C=O) groups is 1. The number of nitrogens with two attached hydrogens (primary N) is 1. The van der Waals surface area contributed by atoms with Crippen LogP contribution in [-0.2, 0) is 4.74 Å². The van der Waals surface area contributed by atoms with Gasteiger partial charge >= 0.3 is 0 Å². The van der Waals surface area contributed by atoms with Crippen LogP contribution in [0.1, 0.15) is 23.3 Å². The fourth-order valence-corrected chi connectivity index (χ4v) is 2.52. The zero-order valence-corrected chi connectivity index (χ0v) is 15.0. The SMILES string of the molecule is COC1=C/CC/C=C/C=C\1Oc1c(O)nc(-c2ccnc(C(N)=O)c2)[nH]c1=O. The van der Waals surface area contributed by atoms with E-state index in [9.17, 15) is 14.7 Å². The van der Waals surface area contributed by atoms with E-state index in [2.05, 4.69) is 15.0 Å². The fraction of sp³-hybridized carbons (Fsp3) is 0.158. The molecule has 0 spiro atoms. The highest BCUT2D eigenvalue weighted by Gasteiger charge is 2.18. The molecule has 0 saturated heterocycles. The van der Waals surface area contributed by atoms with Crippen molar-refractivity contribution in [2.24, 2.45) is 5.73 Å². The zero-order valence-electron chi connectivity index (χ0n) is 15.0. The van der Waals surface area contributed by atoms with Gasteiger partial charge < -0.3 is 25.3 Å². The monoisotopic (exact) mass is 382 g/mol. The minimum atomic E-state index is -0.725. The van der Waals surface area contributed by atoms with Crippen molar-refractivity contribution in [3.63, 3.8) is 0 Å². The first-order chi connectivity index (χ1) is 13.5. The molecule has 9 heteroatoms. The third-order valence-corrected chi connectivity index (χ3v) is 3.87.